The molecule has 2 saturated heterocycles. The van der Waals surface area contributed by atoms with E-state index in [1.165, 1.54) is 4.90 Å². The van der Waals surface area contributed by atoms with Gasteiger partial charge in [0, 0.05) is 60.2 Å². The number of β-amino-alcohol motifs (C(OH)–C–C–N with tert-alkyl or cyclic N) is 1. The van der Waals surface area contributed by atoms with Crippen LogP contribution in [-0.2, 0) is 19.2 Å². The number of thiazole rings is 1. The Morgan fingerprint density at radius 3 is 2.26 bits per heavy atom. The van der Waals surface area contributed by atoms with Crippen molar-refractivity contribution in [1.29, 1.82) is 0 Å². The molecule has 2 fully saturated rings. The summed E-state index contributed by atoms with van der Waals surface area (Å²) in [6.45, 7) is 17.3. The Morgan fingerprint density at radius 2 is 1.61 bits per heavy atom. The van der Waals surface area contributed by atoms with Crippen LogP contribution < -0.4 is 10.6 Å². The first kappa shape index (κ1) is 47.2. The molecule has 2 aromatic carbocycles. The summed E-state index contributed by atoms with van der Waals surface area (Å²) in [7, 11) is 0. The molecule has 5 aromatic rings. The van der Waals surface area contributed by atoms with E-state index in [1.807, 2.05) is 105 Å². The standard InChI is InChI=1S/C48H57ClN10O5S2/c1-26-29(4)66-47-40(26)41(32-13-15-34(49)16-14-32)52-36(44-55-54-30(5)59(44)47)22-39(62)57-19-17-56(18-20-57)24-38(61)53-43(48(6,7)8)46(64)58-23-35(60)21-37(58)45(63)51-27(2)31-9-11-33(12-10-31)42-28(3)50-25-65-42/h9-16,25,27,35-37,43,60H,17-24H2,1-8H3,(H,51,63)(H,53,61)/t27-,35+,36-,37-,43+/m0/s1. The van der Waals surface area contributed by atoms with E-state index in [0.29, 0.717) is 42.9 Å². The van der Waals surface area contributed by atoms with Crippen LogP contribution in [0.25, 0.3) is 15.4 Å². The monoisotopic (exact) mass is 952 g/mol. The fraction of sp³-hybridized carbons (Fsp3) is 0.458. The maximum absolute atomic E-state index is 14.3. The first-order valence-corrected chi connectivity index (χ1v) is 24.4. The number of hydrogen-bond acceptors (Lipinski definition) is 12. The highest BCUT2D eigenvalue weighted by atomic mass is 35.5. The van der Waals surface area contributed by atoms with Crippen LogP contribution in [0.3, 0.4) is 0 Å². The zero-order valence-electron chi connectivity index (χ0n) is 38.6. The molecular weight excluding hydrogens is 896 g/mol. The molecule has 0 saturated carbocycles. The maximum atomic E-state index is 14.3. The minimum Gasteiger partial charge on any atom is -0.391 e. The molecule has 3 aliphatic heterocycles. The smallest absolute Gasteiger partial charge is 0.246 e. The number of aryl methyl sites for hydroxylation is 3. The van der Waals surface area contributed by atoms with Crippen molar-refractivity contribution in [1.82, 2.24) is 45.1 Å². The molecule has 66 heavy (non-hydrogen) atoms. The zero-order chi connectivity index (χ0) is 47.2. The second-order valence-electron chi connectivity index (χ2n) is 18.6. The summed E-state index contributed by atoms with van der Waals surface area (Å²) in [6.07, 6.45) is -0.712. The molecule has 0 radical (unpaired) electrons. The fourth-order valence-electron chi connectivity index (χ4n) is 9.01. The number of aromatic nitrogens is 4. The van der Waals surface area contributed by atoms with Crippen LogP contribution in [0.2, 0.25) is 5.02 Å². The number of hydrogen-bond donors (Lipinski definition) is 3. The number of nitrogens with one attached hydrogen (secondary N) is 2. The van der Waals surface area contributed by atoms with E-state index in [0.717, 1.165) is 54.0 Å². The summed E-state index contributed by atoms with van der Waals surface area (Å²) in [5.74, 6) is 0.116. The number of piperazine rings is 1. The number of aliphatic imine (C=N–C) groups is 1. The van der Waals surface area contributed by atoms with Crippen molar-refractivity contribution in [2.45, 2.75) is 98.5 Å². The van der Waals surface area contributed by atoms with Crippen molar-refractivity contribution < 1.29 is 24.3 Å². The highest BCUT2D eigenvalue weighted by Crippen LogP contribution is 2.40. The molecule has 3 N–H and O–H groups in total. The highest BCUT2D eigenvalue weighted by Gasteiger charge is 2.45. The Labute approximate surface area is 398 Å². The Balaban J connectivity index is 0.888. The van der Waals surface area contributed by atoms with Gasteiger partial charge in [-0.3, -0.25) is 33.6 Å². The minimum absolute atomic E-state index is 0.0204. The summed E-state index contributed by atoms with van der Waals surface area (Å²) < 4.78 is 2.03. The molecule has 15 nitrogen and oxygen atoms in total. The second kappa shape index (κ2) is 19.1. The van der Waals surface area contributed by atoms with Gasteiger partial charge in [-0.05, 0) is 68.9 Å². The van der Waals surface area contributed by atoms with Crippen molar-refractivity contribution >= 4 is 63.6 Å². The number of carbonyl (C=O) groups excluding carboxylic acids is 4. The third-order valence-corrected chi connectivity index (χ3v) is 15.3. The lowest BCUT2D eigenvalue weighted by Crippen LogP contribution is -2.59. The molecule has 3 aromatic heterocycles. The van der Waals surface area contributed by atoms with Gasteiger partial charge in [0.1, 0.15) is 29.0 Å². The van der Waals surface area contributed by atoms with E-state index in [9.17, 15) is 24.3 Å². The largest absolute Gasteiger partial charge is 0.391 e. The molecule has 8 rings (SSSR count). The van der Waals surface area contributed by atoms with Crippen molar-refractivity contribution in [3.63, 3.8) is 0 Å². The van der Waals surface area contributed by atoms with Gasteiger partial charge < -0.3 is 25.5 Å². The molecule has 348 valence electrons. The summed E-state index contributed by atoms with van der Waals surface area (Å²) >= 11 is 9.51. The van der Waals surface area contributed by atoms with Crippen molar-refractivity contribution in [2.24, 2.45) is 10.4 Å². The number of fused-ring (bicyclic) bond motifs is 3. The lowest BCUT2D eigenvalue weighted by Gasteiger charge is -2.37. The molecule has 0 spiro atoms. The van der Waals surface area contributed by atoms with E-state index < -0.39 is 35.6 Å². The molecule has 3 aliphatic rings. The van der Waals surface area contributed by atoms with Crippen molar-refractivity contribution in [3.05, 3.63) is 104 Å². The van der Waals surface area contributed by atoms with Gasteiger partial charge in [0.25, 0.3) is 0 Å². The predicted molar refractivity (Wildman–Crippen MR) is 257 cm³/mol. The molecule has 5 atom stereocenters. The number of benzene rings is 2. The van der Waals surface area contributed by atoms with Gasteiger partial charge in [-0.25, -0.2) is 4.98 Å². The fourth-order valence-corrected chi connectivity index (χ4v) is 11.2. The number of likely N-dealkylation sites (tertiary alicyclic amines) is 1. The molecule has 0 unspecified atom stereocenters. The Bertz CT molecular complexity index is 2660. The lowest BCUT2D eigenvalue weighted by molar-refractivity contribution is -0.144. The van der Waals surface area contributed by atoms with Crippen LogP contribution in [0.15, 0.2) is 59.0 Å². The highest BCUT2D eigenvalue weighted by molar-refractivity contribution is 7.15. The van der Waals surface area contributed by atoms with Crippen LogP contribution in [0, 0.1) is 33.1 Å². The SMILES string of the molecule is Cc1ncsc1-c1ccc([C@H](C)NC(=O)[C@@H]2C[C@@H](O)CN2C(=O)[C@@H](NC(=O)CN2CCN(C(=O)C[C@@H]3N=C(c4ccc(Cl)cc4)c4c(sc(C)c4C)-n4c(C)nnc43)CC2)C(C)(C)C)cc1. The average Bonchev–Trinajstić information content (AvgIpc) is 4.05. The predicted octanol–water partition coefficient (Wildman–Crippen LogP) is 6.14. The van der Waals surface area contributed by atoms with Gasteiger partial charge >= 0.3 is 0 Å². The number of halogens is 1. The van der Waals surface area contributed by atoms with E-state index in [-0.39, 0.29) is 49.7 Å². The van der Waals surface area contributed by atoms with Gasteiger partial charge in [0.15, 0.2) is 5.82 Å². The van der Waals surface area contributed by atoms with E-state index in [2.05, 4.69) is 39.7 Å². The Morgan fingerprint density at radius 1 is 0.924 bits per heavy atom. The number of aliphatic hydroxyl groups is 1. The van der Waals surface area contributed by atoms with Crippen molar-refractivity contribution in [3.8, 4) is 15.4 Å². The van der Waals surface area contributed by atoms with Gasteiger partial charge in [-0.15, -0.1) is 32.9 Å². The van der Waals surface area contributed by atoms with Gasteiger partial charge in [-0.1, -0.05) is 68.8 Å². The Kier molecular flexibility index (Phi) is 13.7. The topological polar surface area (TPSA) is 178 Å². The molecule has 6 heterocycles. The summed E-state index contributed by atoms with van der Waals surface area (Å²) in [6, 6.07) is 12.7. The first-order valence-electron chi connectivity index (χ1n) is 22.3. The zero-order valence-corrected chi connectivity index (χ0v) is 41.0. The molecular formula is C48H57ClN10O5S2. The van der Waals surface area contributed by atoms with Crippen LogP contribution in [-0.4, -0.2) is 126 Å². The van der Waals surface area contributed by atoms with E-state index in [1.54, 1.807) is 27.6 Å². The van der Waals surface area contributed by atoms with Gasteiger partial charge in [0.2, 0.25) is 23.6 Å². The molecule has 0 aliphatic carbocycles. The van der Waals surface area contributed by atoms with Crippen LogP contribution in [0.1, 0.15) is 97.1 Å². The number of rotatable bonds is 11. The quantitative estimate of drug-likeness (QED) is 0.140. The summed E-state index contributed by atoms with van der Waals surface area (Å²) in [5, 5.41) is 27.3. The number of aliphatic hydroxyl groups excluding tert-OH is 1. The van der Waals surface area contributed by atoms with E-state index >= 15 is 0 Å². The third-order valence-electron chi connectivity index (χ3n) is 12.9. The van der Waals surface area contributed by atoms with Gasteiger partial charge in [0.05, 0.1) is 46.9 Å². The number of nitrogens with zero attached hydrogens (tertiary/aromatic N) is 8. The van der Waals surface area contributed by atoms with Gasteiger partial charge in [-0.2, -0.15) is 0 Å². The third kappa shape index (κ3) is 9.72. The summed E-state index contributed by atoms with van der Waals surface area (Å²) in [5.41, 5.74) is 7.80. The van der Waals surface area contributed by atoms with Crippen molar-refractivity contribution in [2.75, 3.05) is 39.3 Å². The van der Waals surface area contributed by atoms with Crippen LogP contribution >= 0.6 is 34.3 Å². The minimum atomic E-state index is -0.963. The lowest BCUT2D eigenvalue weighted by atomic mass is 9.85. The number of amides is 4. The molecule has 4 amide bonds. The van der Waals surface area contributed by atoms with Crippen LogP contribution in [0.4, 0.5) is 0 Å². The normalized spacial score (nSPS) is 19.7. The average molecular weight is 954 g/mol. The van der Waals surface area contributed by atoms with E-state index in [4.69, 9.17) is 16.6 Å². The molecule has 0 bridgehead atoms. The number of thiophene rings is 1. The molecule has 18 heteroatoms. The second-order valence-corrected chi connectivity index (χ2v) is 21.1. The van der Waals surface area contributed by atoms with Crippen LogP contribution in [0.5, 0.6) is 0 Å². The summed E-state index contributed by atoms with van der Waals surface area (Å²) in [4.78, 5) is 73.0. The number of carbonyl (C=O) groups is 4. The Hall–Kier alpha value is -5.33. The first-order chi connectivity index (χ1) is 31.4. The maximum Gasteiger partial charge on any atom is 0.246 e.